The lowest BCUT2D eigenvalue weighted by atomic mass is 9.98. The molecule has 0 aliphatic heterocycles. The maximum absolute atomic E-state index is 5.89. The normalized spacial score (nSPS) is 17.8. The highest BCUT2D eigenvalue weighted by molar-refractivity contribution is 4.76. The zero-order valence-electron chi connectivity index (χ0n) is 11.0. The smallest absolute Gasteiger partial charge is 0.0575 e. The van der Waals surface area contributed by atoms with E-state index in [2.05, 4.69) is 13.3 Å². The fourth-order valence-corrected chi connectivity index (χ4v) is 2.37. The maximum atomic E-state index is 5.89. The Kier molecular flexibility index (Phi) is 8.88. The molecule has 0 spiro atoms. The maximum Gasteiger partial charge on any atom is 0.0575 e. The number of rotatable bonds is 9. The van der Waals surface area contributed by atoms with Crippen LogP contribution >= 0.6 is 0 Å². The molecule has 0 aromatic heterocycles. The minimum atomic E-state index is 0.574. The first-order valence-corrected chi connectivity index (χ1v) is 7.36. The van der Waals surface area contributed by atoms with Crippen LogP contribution in [0.1, 0.15) is 77.6 Å². The topological polar surface area (TPSA) is 9.23 Å². The first-order valence-electron chi connectivity index (χ1n) is 7.36. The molecule has 1 heteroatoms. The molecular formula is C15H29O. The standard InChI is InChI=1S/C15H29O/c1-2-3-4-5-6-7-11-14-16-15-12-9-8-10-13-15/h8,15H,2-7,9-14H2,1H3. The van der Waals surface area contributed by atoms with E-state index in [1.54, 1.807) is 0 Å². The van der Waals surface area contributed by atoms with Crippen LogP contribution in [0.15, 0.2) is 0 Å². The highest BCUT2D eigenvalue weighted by Crippen LogP contribution is 2.19. The van der Waals surface area contributed by atoms with E-state index in [9.17, 15) is 0 Å². The van der Waals surface area contributed by atoms with Gasteiger partial charge in [-0.1, -0.05) is 45.4 Å². The third-order valence-corrected chi connectivity index (χ3v) is 3.49. The number of ether oxygens (including phenoxy) is 1. The molecule has 0 bridgehead atoms. The van der Waals surface area contributed by atoms with E-state index in [0.29, 0.717) is 6.10 Å². The summed E-state index contributed by atoms with van der Waals surface area (Å²) >= 11 is 0. The van der Waals surface area contributed by atoms with Crippen LogP contribution in [-0.2, 0) is 4.74 Å². The predicted octanol–water partition coefficient (Wildman–Crippen LogP) is 4.90. The molecule has 1 aliphatic rings. The molecule has 1 radical (unpaired) electrons. The molecule has 1 fully saturated rings. The quantitative estimate of drug-likeness (QED) is 0.507. The van der Waals surface area contributed by atoms with Crippen molar-refractivity contribution < 1.29 is 4.74 Å². The van der Waals surface area contributed by atoms with Gasteiger partial charge in [0, 0.05) is 6.61 Å². The summed E-state index contributed by atoms with van der Waals surface area (Å²) in [6.07, 6.45) is 17.7. The zero-order valence-corrected chi connectivity index (χ0v) is 11.0. The van der Waals surface area contributed by atoms with Crippen LogP contribution in [0.4, 0.5) is 0 Å². The van der Waals surface area contributed by atoms with Crippen LogP contribution in [-0.4, -0.2) is 12.7 Å². The molecule has 0 amide bonds. The molecule has 0 N–H and O–H groups in total. The van der Waals surface area contributed by atoms with Gasteiger partial charge in [0.2, 0.25) is 0 Å². The molecule has 0 atom stereocenters. The second-order valence-electron chi connectivity index (χ2n) is 5.06. The molecule has 0 heterocycles. The minimum absolute atomic E-state index is 0.574. The Morgan fingerprint density at radius 3 is 2.25 bits per heavy atom. The van der Waals surface area contributed by atoms with E-state index in [4.69, 9.17) is 4.74 Å². The van der Waals surface area contributed by atoms with Gasteiger partial charge < -0.3 is 4.74 Å². The van der Waals surface area contributed by atoms with Crippen LogP contribution in [0, 0.1) is 6.42 Å². The van der Waals surface area contributed by atoms with Crippen LogP contribution in [0.3, 0.4) is 0 Å². The van der Waals surface area contributed by atoms with Crippen molar-refractivity contribution in [3.8, 4) is 0 Å². The lowest BCUT2D eigenvalue weighted by Crippen LogP contribution is -2.17. The highest BCUT2D eigenvalue weighted by atomic mass is 16.5. The largest absolute Gasteiger partial charge is 0.378 e. The van der Waals surface area contributed by atoms with Crippen LogP contribution < -0.4 is 0 Å². The van der Waals surface area contributed by atoms with Crippen molar-refractivity contribution >= 4 is 0 Å². The Hall–Kier alpha value is -0.0400. The Morgan fingerprint density at radius 2 is 1.56 bits per heavy atom. The number of hydrogen-bond donors (Lipinski definition) is 0. The van der Waals surface area contributed by atoms with Gasteiger partial charge in [-0.2, -0.15) is 0 Å². The van der Waals surface area contributed by atoms with Crippen molar-refractivity contribution in [1.29, 1.82) is 0 Å². The average Bonchev–Trinajstić information content (AvgIpc) is 2.34. The van der Waals surface area contributed by atoms with Crippen molar-refractivity contribution in [3.05, 3.63) is 6.42 Å². The molecule has 0 aromatic carbocycles. The van der Waals surface area contributed by atoms with E-state index >= 15 is 0 Å². The third-order valence-electron chi connectivity index (χ3n) is 3.49. The van der Waals surface area contributed by atoms with Crippen molar-refractivity contribution in [2.45, 2.75) is 83.7 Å². The van der Waals surface area contributed by atoms with Gasteiger partial charge in [-0.25, -0.2) is 0 Å². The molecule has 95 valence electrons. The summed E-state index contributed by atoms with van der Waals surface area (Å²) in [5.41, 5.74) is 0. The monoisotopic (exact) mass is 225 g/mol. The van der Waals surface area contributed by atoms with Crippen molar-refractivity contribution in [2.24, 2.45) is 0 Å². The summed E-state index contributed by atoms with van der Waals surface area (Å²) in [6, 6.07) is 0. The Balaban J connectivity index is 1.77. The van der Waals surface area contributed by atoms with Crippen molar-refractivity contribution in [1.82, 2.24) is 0 Å². The predicted molar refractivity (Wildman–Crippen MR) is 70.5 cm³/mol. The second-order valence-corrected chi connectivity index (χ2v) is 5.06. The highest BCUT2D eigenvalue weighted by Gasteiger charge is 2.12. The number of hydrogen-bond acceptors (Lipinski definition) is 1. The first-order chi connectivity index (χ1) is 7.93. The SMILES string of the molecule is CCCCCCCCCOC1CC[CH]CC1. The molecule has 16 heavy (non-hydrogen) atoms. The van der Waals surface area contributed by atoms with E-state index in [1.807, 2.05) is 0 Å². The third kappa shape index (κ3) is 7.27. The molecule has 0 unspecified atom stereocenters. The summed E-state index contributed by atoms with van der Waals surface area (Å²) in [5, 5.41) is 0. The Labute approximate surface area is 102 Å². The van der Waals surface area contributed by atoms with Gasteiger partial charge in [-0.15, -0.1) is 0 Å². The molecular weight excluding hydrogens is 196 g/mol. The summed E-state index contributed by atoms with van der Waals surface area (Å²) in [4.78, 5) is 0. The van der Waals surface area contributed by atoms with E-state index in [0.717, 1.165) is 6.61 Å². The lowest BCUT2D eigenvalue weighted by molar-refractivity contribution is 0.0326. The van der Waals surface area contributed by atoms with Gasteiger partial charge in [-0.05, 0) is 38.5 Å². The Bertz CT molecular complexity index is 138. The van der Waals surface area contributed by atoms with Gasteiger partial charge in [-0.3, -0.25) is 0 Å². The van der Waals surface area contributed by atoms with Crippen LogP contribution in [0.25, 0.3) is 0 Å². The fraction of sp³-hybridized carbons (Fsp3) is 0.933. The molecule has 0 saturated heterocycles. The lowest BCUT2D eigenvalue weighted by Gasteiger charge is -2.21. The van der Waals surface area contributed by atoms with Gasteiger partial charge >= 0.3 is 0 Å². The van der Waals surface area contributed by atoms with Crippen molar-refractivity contribution in [3.63, 3.8) is 0 Å². The van der Waals surface area contributed by atoms with Crippen LogP contribution in [0.2, 0.25) is 0 Å². The molecule has 1 saturated carbocycles. The fourth-order valence-electron chi connectivity index (χ4n) is 2.37. The first kappa shape index (κ1) is 14.0. The van der Waals surface area contributed by atoms with E-state index < -0.39 is 0 Å². The van der Waals surface area contributed by atoms with Crippen LogP contribution in [0.5, 0.6) is 0 Å². The van der Waals surface area contributed by atoms with Gasteiger partial charge in [0.05, 0.1) is 6.10 Å². The second kappa shape index (κ2) is 10.1. The summed E-state index contributed by atoms with van der Waals surface area (Å²) < 4.78 is 5.89. The molecule has 0 aromatic rings. The average molecular weight is 225 g/mol. The van der Waals surface area contributed by atoms with Crippen molar-refractivity contribution in [2.75, 3.05) is 6.61 Å². The minimum Gasteiger partial charge on any atom is -0.378 e. The van der Waals surface area contributed by atoms with Gasteiger partial charge in [0.1, 0.15) is 0 Å². The summed E-state index contributed by atoms with van der Waals surface area (Å²) in [6.45, 7) is 3.27. The van der Waals surface area contributed by atoms with E-state index in [1.165, 1.54) is 70.6 Å². The van der Waals surface area contributed by atoms with E-state index in [-0.39, 0.29) is 0 Å². The Morgan fingerprint density at radius 1 is 0.938 bits per heavy atom. The number of unbranched alkanes of at least 4 members (excludes halogenated alkanes) is 6. The van der Waals surface area contributed by atoms with Gasteiger partial charge in [0.25, 0.3) is 0 Å². The molecule has 1 nitrogen and oxygen atoms in total. The molecule has 1 rings (SSSR count). The summed E-state index contributed by atoms with van der Waals surface area (Å²) in [7, 11) is 0. The zero-order chi connectivity index (χ0) is 11.5. The summed E-state index contributed by atoms with van der Waals surface area (Å²) in [5.74, 6) is 0. The van der Waals surface area contributed by atoms with Gasteiger partial charge in [0.15, 0.2) is 0 Å². The molecule has 1 aliphatic carbocycles.